The van der Waals surface area contributed by atoms with Gasteiger partial charge in [0.15, 0.2) is 0 Å². The van der Waals surface area contributed by atoms with Crippen molar-refractivity contribution < 1.29 is 17.2 Å². The third-order valence-corrected chi connectivity index (χ3v) is 8.30. The van der Waals surface area contributed by atoms with Crippen LogP contribution in [0.25, 0.3) is 0 Å². The summed E-state index contributed by atoms with van der Waals surface area (Å²) in [5.74, 6) is 0. The highest BCUT2D eigenvalue weighted by atomic mass is 32.3. The van der Waals surface area contributed by atoms with E-state index >= 15 is 0 Å². The van der Waals surface area contributed by atoms with Gasteiger partial charge in [-0.25, -0.2) is 8.42 Å². The predicted molar refractivity (Wildman–Crippen MR) is 121 cm³/mol. The molecule has 0 spiro atoms. The Kier molecular flexibility index (Phi) is 11.0. The van der Waals surface area contributed by atoms with Crippen molar-refractivity contribution in [3.63, 3.8) is 0 Å². The third-order valence-electron chi connectivity index (χ3n) is 4.77. The fraction of sp³-hybridized carbons (Fsp3) is 0.714. The Morgan fingerprint density at radius 3 is 1.83 bits per heavy atom. The molecule has 0 aliphatic heterocycles. The number of rotatable bonds is 14. The molecule has 0 saturated heterocycles. The van der Waals surface area contributed by atoms with Gasteiger partial charge in [0.05, 0.1) is 14.7 Å². The van der Waals surface area contributed by atoms with Crippen LogP contribution in [0.1, 0.15) is 42.4 Å². The molecule has 6 nitrogen and oxygen atoms in total. The summed E-state index contributed by atoms with van der Waals surface area (Å²) in [6.45, 7) is 6.81. The maximum Gasteiger partial charge on any atom is 0.217 e. The number of hydrogen-bond acceptors (Lipinski definition) is 6. The van der Waals surface area contributed by atoms with Crippen molar-refractivity contribution in [1.29, 1.82) is 0 Å². The lowest BCUT2D eigenvalue weighted by Crippen LogP contribution is -2.29. The summed E-state index contributed by atoms with van der Waals surface area (Å²) in [6, 6.07) is 9.48. The quantitative estimate of drug-likeness (QED) is 0.189. The molecular formula is C21H39N2O4SSi-. The van der Waals surface area contributed by atoms with Crippen LogP contribution in [-0.2, 0) is 33.7 Å². The average molecular weight is 444 g/mol. The summed E-state index contributed by atoms with van der Waals surface area (Å²) in [5.41, 5.74) is 4.21. The number of benzene rings is 1. The third kappa shape index (κ3) is 13.2. The molecule has 0 atom stereocenters. The lowest BCUT2D eigenvalue weighted by Gasteiger charge is -2.24. The predicted octanol–water partition coefficient (Wildman–Crippen LogP) is 3.64. The molecular weight excluding hydrogens is 404 g/mol. The van der Waals surface area contributed by atoms with Crippen molar-refractivity contribution in [2.75, 3.05) is 34.8 Å². The van der Waals surface area contributed by atoms with Crippen molar-refractivity contribution in [1.82, 2.24) is 9.80 Å². The first kappa shape index (κ1) is 26.3. The summed E-state index contributed by atoms with van der Waals surface area (Å²) in [6.07, 6.45) is 3.70. The van der Waals surface area contributed by atoms with Crippen molar-refractivity contribution in [2.24, 2.45) is 0 Å². The zero-order valence-electron chi connectivity index (χ0n) is 19.0. The molecule has 0 amide bonds. The standard InChI is InChI=1S/C21H40N2O4SSi/c1-22(2)16-19-13-20(17-23(3)4)15-21(14-19)18-29(5,6)12-10-8-7-9-11-27-28(24,25)26/h13-15H,7-12,16-18H2,1-6H3,(H,24,25,26)/p-1. The maximum absolute atomic E-state index is 10.4. The van der Waals surface area contributed by atoms with Gasteiger partial charge in [-0.05, 0) is 51.8 Å². The van der Waals surface area contributed by atoms with Crippen LogP contribution in [0.4, 0.5) is 0 Å². The highest BCUT2D eigenvalue weighted by Gasteiger charge is 2.21. The second-order valence-electron chi connectivity index (χ2n) is 9.37. The number of unbranched alkanes of at least 4 members (excludes halogenated alkanes) is 3. The van der Waals surface area contributed by atoms with Crippen LogP contribution in [0.3, 0.4) is 0 Å². The Bertz CT molecular complexity index is 693. The van der Waals surface area contributed by atoms with Crippen molar-refractivity contribution in [2.45, 2.75) is 64.0 Å². The van der Waals surface area contributed by atoms with E-state index in [4.69, 9.17) is 0 Å². The lowest BCUT2D eigenvalue weighted by molar-refractivity contribution is 0.255. The molecule has 0 aliphatic rings. The van der Waals surface area contributed by atoms with Crippen molar-refractivity contribution in [3.05, 3.63) is 34.9 Å². The van der Waals surface area contributed by atoms with Gasteiger partial charge in [0.1, 0.15) is 0 Å². The molecule has 168 valence electrons. The molecule has 0 aliphatic carbocycles. The minimum absolute atomic E-state index is 0.0000262. The molecule has 0 saturated carbocycles. The van der Waals surface area contributed by atoms with Crippen LogP contribution in [-0.4, -0.2) is 65.6 Å². The Hall–Kier alpha value is -0.773. The topological polar surface area (TPSA) is 72.9 Å². The number of nitrogens with zero attached hydrogens (tertiary/aromatic N) is 2. The molecule has 0 bridgehead atoms. The van der Waals surface area contributed by atoms with Crippen LogP contribution in [0.15, 0.2) is 18.2 Å². The summed E-state index contributed by atoms with van der Waals surface area (Å²) in [5, 5.41) is 0. The summed E-state index contributed by atoms with van der Waals surface area (Å²) in [4.78, 5) is 4.42. The maximum atomic E-state index is 10.4. The SMILES string of the molecule is CN(C)Cc1cc(CN(C)C)cc(C[Si](C)(C)CCCCCCOS(=O)(=O)[O-])c1. The van der Waals surface area contributed by atoms with Crippen LogP contribution in [0.5, 0.6) is 0 Å². The Morgan fingerprint density at radius 2 is 1.34 bits per heavy atom. The van der Waals surface area contributed by atoms with Crippen molar-refractivity contribution in [3.8, 4) is 0 Å². The molecule has 8 heteroatoms. The first-order valence-electron chi connectivity index (χ1n) is 10.4. The molecule has 0 aromatic heterocycles. The number of hydrogen-bond donors (Lipinski definition) is 0. The smallest absolute Gasteiger partial charge is 0.217 e. The van der Waals surface area contributed by atoms with E-state index in [2.05, 4.69) is 73.5 Å². The van der Waals surface area contributed by atoms with Gasteiger partial charge in [0.2, 0.25) is 10.4 Å². The van der Waals surface area contributed by atoms with Crippen LogP contribution in [0, 0.1) is 0 Å². The molecule has 0 radical (unpaired) electrons. The summed E-state index contributed by atoms with van der Waals surface area (Å²) < 4.78 is 35.5. The minimum Gasteiger partial charge on any atom is -0.726 e. The van der Waals surface area contributed by atoms with Gasteiger partial charge in [-0.1, -0.05) is 62.2 Å². The van der Waals surface area contributed by atoms with Gasteiger partial charge < -0.3 is 14.4 Å². The highest BCUT2D eigenvalue weighted by Crippen LogP contribution is 2.23. The summed E-state index contributed by atoms with van der Waals surface area (Å²) in [7, 11) is 2.50. The average Bonchev–Trinajstić information content (AvgIpc) is 2.50. The zero-order valence-corrected chi connectivity index (χ0v) is 20.8. The van der Waals surface area contributed by atoms with Gasteiger partial charge in [-0.2, -0.15) is 0 Å². The van der Waals surface area contributed by atoms with Gasteiger partial charge in [0.25, 0.3) is 0 Å². The second-order valence-corrected chi connectivity index (χ2v) is 15.6. The van der Waals surface area contributed by atoms with Gasteiger partial charge in [-0.3, -0.25) is 4.18 Å². The van der Waals surface area contributed by atoms with E-state index in [1.807, 2.05) is 0 Å². The zero-order chi connectivity index (χ0) is 22.1. The van der Waals surface area contributed by atoms with Crippen LogP contribution in [0.2, 0.25) is 19.1 Å². The molecule has 1 aromatic carbocycles. The highest BCUT2D eigenvalue weighted by molar-refractivity contribution is 7.80. The first-order valence-corrected chi connectivity index (χ1v) is 15.1. The molecule has 0 fully saturated rings. The Balaban J connectivity index is 2.57. The van der Waals surface area contributed by atoms with Crippen LogP contribution >= 0.6 is 0 Å². The monoisotopic (exact) mass is 443 g/mol. The minimum atomic E-state index is -4.55. The van der Waals surface area contributed by atoms with E-state index in [0.717, 1.165) is 32.4 Å². The Labute approximate surface area is 179 Å². The fourth-order valence-electron chi connectivity index (χ4n) is 3.72. The molecule has 1 aromatic rings. The molecule has 0 N–H and O–H groups in total. The van der Waals surface area contributed by atoms with E-state index in [9.17, 15) is 13.0 Å². The van der Waals surface area contributed by atoms with Crippen molar-refractivity contribution >= 4 is 18.5 Å². The Morgan fingerprint density at radius 1 is 0.862 bits per heavy atom. The van der Waals surface area contributed by atoms with E-state index in [1.54, 1.807) is 0 Å². The fourth-order valence-corrected chi connectivity index (χ4v) is 6.73. The van der Waals surface area contributed by atoms with Crippen LogP contribution < -0.4 is 0 Å². The normalized spacial score (nSPS) is 12.9. The van der Waals surface area contributed by atoms with E-state index in [1.165, 1.54) is 28.8 Å². The first-order chi connectivity index (χ1) is 13.4. The molecule has 1 rings (SSSR count). The van der Waals surface area contributed by atoms with Gasteiger partial charge >= 0.3 is 0 Å². The summed E-state index contributed by atoms with van der Waals surface area (Å²) >= 11 is 0. The molecule has 29 heavy (non-hydrogen) atoms. The van der Waals surface area contributed by atoms with E-state index in [-0.39, 0.29) is 6.61 Å². The second kappa shape index (κ2) is 12.2. The van der Waals surface area contributed by atoms with E-state index < -0.39 is 18.5 Å². The lowest BCUT2D eigenvalue weighted by atomic mass is 10.1. The molecule has 0 heterocycles. The molecule has 0 unspecified atom stereocenters. The largest absolute Gasteiger partial charge is 0.726 e. The van der Waals surface area contributed by atoms with Gasteiger partial charge in [-0.15, -0.1) is 0 Å². The van der Waals surface area contributed by atoms with E-state index in [0.29, 0.717) is 6.42 Å². The van der Waals surface area contributed by atoms with Gasteiger partial charge in [0, 0.05) is 13.1 Å².